The van der Waals surface area contributed by atoms with Gasteiger partial charge in [-0.2, -0.15) is 0 Å². The molecule has 0 saturated carbocycles. The third-order valence-electron chi connectivity index (χ3n) is 4.50. The van der Waals surface area contributed by atoms with Crippen LogP contribution >= 0.6 is 23.2 Å². The molecular weight excluding hydrogens is 429 g/mol. The summed E-state index contributed by atoms with van der Waals surface area (Å²) in [6.07, 6.45) is 3.06. The molecule has 0 bridgehead atoms. The average molecular weight is 444 g/mol. The van der Waals surface area contributed by atoms with Gasteiger partial charge in [-0.25, -0.2) is 13.4 Å². The van der Waals surface area contributed by atoms with Crippen molar-refractivity contribution in [2.24, 2.45) is 0 Å². The summed E-state index contributed by atoms with van der Waals surface area (Å²) in [7, 11) is -3.87. The SMILES string of the molecule is Cc1cc(Cl)ncc1NS(=O)(=O)c1ccc(Cl)c(-c2nccc3ccccc23)c1. The zero-order valence-corrected chi connectivity index (χ0v) is 17.6. The summed E-state index contributed by atoms with van der Waals surface area (Å²) in [5.74, 6) is 0. The number of rotatable bonds is 4. The highest BCUT2D eigenvalue weighted by atomic mass is 35.5. The van der Waals surface area contributed by atoms with Crippen LogP contribution in [0.15, 0.2) is 71.9 Å². The number of pyridine rings is 2. The monoisotopic (exact) mass is 443 g/mol. The maximum Gasteiger partial charge on any atom is 0.261 e. The Morgan fingerprint density at radius 1 is 0.966 bits per heavy atom. The van der Waals surface area contributed by atoms with Crippen molar-refractivity contribution in [1.29, 1.82) is 0 Å². The number of nitrogens with zero attached hydrogens (tertiary/aromatic N) is 2. The smallest absolute Gasteiger partial charge is 0.261 e. The Balaban J connectivity index is 1.80. The van der Waals surface area contributed by atoms with E-state index in [-0.39, 0.29) is 4.90 Å². The Labute approximate surface area is 178 Å². The number of anilines is 1. The molecule has 2 aromatic heterocycles. The molecule has 0 amide bonds. The molecule has 0 radical (unpaired) electrons. The molecule has 0 aliphatic rings. The molecule has 0 unspecified atom stereocenters. The first kappa shape index (κ1) is 19.6. The maximum absolute atomic E-state index is 13.0. The Morgan fingerprint density at radius 2 is 1.76 bits per heavy atom. The first-order valence-corrected chi connectivity index (χ1v) is 10.9. The minimum atomic E-state index is -3.87. The predicted molar refractivity (Wildman–Crippen MR) is 117 cm³/mol. The lowest BCUT2D eigenvalue weighted by molar-refractivity contribution is 0.601. The Bertz CT molecular complexity index is 1340. The molecule has 0 fully saturated rings. The molecule has 4 rings (SSSR count). The van der Waals surface area contributed by atoms with Crippen molar-refractivity contribution >= 4 is 49.7 Å². The van der Waals surface area contributed by atoms with E-state index in [4.69, 9.17) is 23.2 Å². The standard InChI is InChI=1S/C21H15Cl2N3O2S/c1-13-10-20(23)25-12-19(13)26-29(27,28)15-6-7-18(22)17(11-15)21-16-5-3-2-4-14(16)8-9-24-21/h2-12,26H,1H3. The Kier molecular flexibility index (Phi) is 5.17. The number of halogens is 2. The second kappa shape index (κ2) is 7.63. The van der Waals surface area contributed by atoms with Crippen LogP contribution < -0.4 is 4.72 Å². The van der Waals surface area contributed by atoms with Gasteiger partial charge in [-0.15, -0.1) is 0 Å². The van der Waals surface area contributed by atoms with E-state index >= 15 is 0 Å². The first-order valence-electron chi connectivity index (χ1n) is 8.64. The van der Waals surface area contributed by atoms with E-state index in [1.807, 2.05) is 30.3 Å². The highest BCUT2D eigenvalue weighted by Crippen LogP contribution is 2.34. The highest BCUT2D eigenvalue weighted by Gasteiger charge is 2.19. The van der Waals surface area contributed by atoms with Crippen molar-refractivity contribution in [1.82, 2.24) is 9.97 Å². The molecule has 0 spiro atoms. The zero-order chi connectivity index (χ0) is 20.6. The number of fused-ring (bicyclic) bond motifs is 1. The van der Waals surface area contributed by atoms with Crippen LogP contribution in [0.1, 0.15) is 5.56 Å². The van der Waals surface area contributed by atoms with Gasteiger partial charge in [0.2, 0.25) is 0 Å². The molecule has 4 aromatic rings. The molecule has 0 aliphatic heterocycles. The minimum absolute atomic E-state index is 0.0704. The summed E-state index contributed by atoms with van der Waals surface area (Å²) in [6.45, 7) is 1.75. The van der Waals surface area contributed by atoms with E-state index in [2.05, 4.69) is 14.7 Å². The quantitative estimate of drug-likeness (QED) is 0.409. The number of benzene rings is 2. The molecule has 2 aromatic carbocycles. The van der Waals surface area contributed by atoms with E-state index < -0.39 is 10.0 Å². The van der Waals surface area contributed by atoms with Crippen molar-refractivity contribution in [3.05, 3.63) is 82.7 Å². The fraction of sp³-hybridized carbons (Fsp3) is 0.0476. The van der Waals surface area contributed by atoms with Crippen molar-refractivity contribution in [3.63, 3.8) is 0 Å². The van der Waals surface area contributed by atoms with Crippen molar-refractivity contribution < 1.29 is 8.42 Å². The first-order chi connectivity index (χ1) is 13.8. The van der Waals surface area contributed by atoms with Gasteiger partial charge in [0.05, 0.1) is 27.5 Å². The number of hydrogen-bond donors (Lipinski definition) is 1. The summed E-state index contributed by atoms with van der Waals surface area (Å²) < 4.78 is 28.5. The third-order valence-corrected chi connectivity index (χ3v) is 6.40. The van der Waals surface area contributed by atoms with Crippen LogP contribution in [0.4, 0.5) is 5.69 Å². The number of aryl methyl sites for hydroxylation is 1. The molecule has 8 heteroatoms. The van der Waals surface area contributed by atoms with Crippen LogP contribution in [0.2, 0.25) is 10.2 Å². The van der Waals surface area contributed by atoms with E-state index in [0.717, 1.165) is 10.8 Å². The fourth-order valence-electron chi connectivity index (χ4n) is 3.02. The molecule has 2 heterocycles. The van der Waals surface area contributed by atoms with Crippen LogP contribution in [0.5, 0.6) is 0 Å². The Hall–Kier alpha value is -2.67. The van der Waals surface area contributed by atoms with Crippen molar-refractivity contribution in [2.75, 3.05) is 4.72 Å². The topological polar surface area (TPSA) is 72.0 Å². The molecule has 0 atom stereocenters. The largest absolute Gasteiger partial charge is 0.278 e. The second-order valence-electron chi connectivity index (χ2n) is 6.45. The van der Waals surface area contributed by atoms with Gasteiger partial charge in [0.25, 0.3) is 10.0 Å². The molecule has 29 heavy (non-hydrogen) atoms. The summed E-state index contributed by atoms with van der Waals surface area (Å²) in [5, 5.41) is 2.58. The lowest BCUT2D eigenvalue weighted by Gasteiger charge is -2.13. The van der Waals surface area contributed by atoms with Crippen molar-refractivity contribution in [3.8, 4) is 11.3 Å². The predicted octanol–water partition coefficient (Wildman–Crippen LogP) is 5.71. The summed E-state index contributed by atoms with van der Waals surface area (Å²) in [5.41, 5.74) is 2.18. The summed E-state index contributed by atoms with van der Waals surface area (Å²) in [4.78, 5) is 8.45. The van der Waals surface area contributed by atoms with E-state index in [1.54, 1.807) is 25.3 Å². The van der Waals surface area contributed by atoms with Crippen LogP contribution in [0, 0.1) is 6.92 Å². The maximum atomic E-state index is 13.0. The van der Waals surface area contributed by atoms with Gasteiger partial charge in [0.1, 0.15) is 5.15 Å². The van der Waals surface area contributed by atoms with Gasteiger partial charge < -0.3 is 0 Å². The number of sulfonamides is 1. The molecule has 146 valence electrons. The molecular formula is C21H15Cl2N3O2S. The van der Waals surface area contributed by atoms with Gasteiger partial charge in [0.15, 0.2) is 0 Å². The minimum Gasteiger partial charge on any atom is -0.278 e. The Morgan fingerprint density at radius 3 is 2.55 bits per heavy atom. The number of hydrogen-bond acceptors (Lipinski definition) is 4. The molecule has 1 N–H and O–H groups in total. The van der Waals surface area contributed by atoms with Crippen molar-refractivity contribution in [2.45, 2.75) is 11.8 Å². The fourth-order valence-corrected chi connectivity index (χ4v) is 4.58. The normalized spacial score (nSPS) is 11.6. The lowest BCUT2D eigenvalue weighted by Crippen LogP contribution is -2.14. The van der Waals surface area contributed by atoms with Crippen LogP contribution in [-0.2, 0) is 10.0 Å². The van der Waals surface area contributed by atoms with Gasteiger partial charge in [0, 0.05) is 17.1 Å². The molecule has 0 aliphatic carbocycles. The number of nitrogens with one attached hydrogen (secondary N) is 1. The van der Waals surface area contributed by atoms with Crippen LogP contribution in [-0.4, -0.2) is 18.4 Å². The van der Waals surface area contributed by atoms with E-state index in [0.29, 0.717) is 32.7 Å². The third kappa shape index (κ3) is 3.92. The summed E-state index contributed by atoms with van der Waals surface area (Å²) >= 11 is 12.3. The zero-order valence-electron chi connectivity index (χ0n) is 15.2. The van der Waals surface area contributed by atoms with Gasteiger partial charge >= 0.3 is 0 Å². The van der Waals surface area contributed by atoms with E-state index in [1.165, 1.54) is 18.3 Å². The van der Waals surface area contributed by atoms with Gasteiger partial charge in [-0.05, 0) is 48.2 Å². The molecule has 0 saturated heterocycles. The average Bonchev–Trinajstić information content (AvgIpc) is 2.70. The second-order valence-corrected chi connectivity index (χ2v) is 8.93. The summed E-state index contributed by atoms with van der Waals surface area (Å²) in [6, 6.07) is 15.7. The number of aromatic nitrogens is 2. The lowest BCUT2D eigenvalue weighted by atomic mass is 10.0. The molecule has 5 nitrogen and oxygen atoms in total. The van der Waals surface area contributed by atoms with Gasteiger partial charge in [-0.3, -0.25) is 9.71 Å². The van der Waals surface area contributed by atoms with E-state index in [9.17, 15) is 8.42 Å². The van der Waals surface area contributed by atoms with Crippen LogP contribution in [0.3, 0.4) is 0 Å². The highest BCUT2D eigenvalue weighted by molar-refractivity contribution is 7.92. The van der Waals surface area contributed by atoms with Crippen LogP contribution in [0.25, 0.3) is 22.0 Å². The van der Waals surface area contributed by atoms with Gasteiger partial charge in [-0.1, -0.05) is 47.5 Å².